The molecule has 0 amide bonds. The molecule has 1 aromatic carbocycles. The summed E-state index contributed by atoms with van der Waals surface area (Å²) in [7, 11) is 0. The molecule has 0 spiro atoms. The number of hydrogen-bond donors (Lipinski definition) is 1. The summed E-state index contributed by atoms with van der Waals surface area (Å²) in [5.41, 5.74) is 3.94. The third-order valence-corrected chi connectivity index (χ3v) is 4.35. The molecular formula is C15H18OS. The summed E-state index contributed by atoms with van der Waals surface area (Å²) in [4.78, 5) is 2.59. The molecule has 0 aliphatic carbocycles. The smallest absolute Gasteiger partial charge is 0.0479 e. The van der Waals surface area contributed by atoms with Crippen molar-refractivity contribution in [3.63, 3.8) is 0 Å². The van der Waals surface area contributed by atoms with Gasteiger partial charge in [-0.25, -0.2) is 0 Å². The Balaban J connectivity index is 2.29. The molecule has 1 aromatic heterocycles. The van der Waals surface area contributed by atoms with Crippen molar-refractivity contribution in [1.82, 2.24) is 0 Å². The first-order valence-electron chi connectivity index (χ1n) is 6.04. The van der Waals surface area contributed by atoms with Crippen LogP contribution in [0.5, 0.6) is 0 Å². The van der Waals surface area contributed by atoms with Gasteiger partial charge in [-0.3, -0.25) is 0 Å². The fourth-order valence-corrected chi connectivity index (χ4v) is 3.08. The molecule has 0 radical (unpaired) electrons. The summed E-state index contributed by atoms with van der Waals surface area (Å²) in [5.74, 6) is 0. The first-order chi connectivity index (χ1) is 8.24. The highest BCUT2D eigenvalue weighted by atomic mass is 32.1. The summed E-state index contributed by atoms with van der Waals surface area (Å²) < 4.78 is 0. The Hall–Kier alpha value is -1.12. The number of benzene rings is 1. The van der Waals surface area contributed by atoms with Crippen molar-refractivity contribution >= 4 is 11.3 Å². The van der Waals surface area contributed by atoms with Crippen molar-refractivity contribution in [3.8, 4) is 10.4 Å². The maximum Gasteiger partial charge on any atom is 0.0479 e. The van der Waals surface area contributed by atoms with Gasteiger partial charge in [0.15, 0.2) is 0 Å². The zero-order valence-electron chi connectivity index (χ0n) is 10.4. The molecule has 17 heavy (non-hydrogen) atoms. The lowest BCUT2D eigenvalue weighted by Crippen LogP contribution is -1.87. The van der Waals surface area contributed by atoms with Crippen LogP contribution in [0, 0.1) is 6.92 Å². The number of aliphatic hydroxyl groups excluding tert-OH is 1. The second kappa shape index (κ2) is 5.48. The van der Waals surface area contributed by atoms with Gasteiger partial charge in [0.25, 0.3) is 0 Å². The molecule has 0 unspecified atom stereocenters. The summed E-state index contributed by atoms with van der Waals surface area (Å²) >= 11 is 1.79. The Bertz CT molecular complexity index is 482. The Kier molecular flexibility index (Phi) is 3.97. The zero-order valence-corrected chi connectivity index (χ0v) is 11.2. The molecule has 0 saturated heterocycles. The van der Waals surface area contributed by atoms with Crippen LogP contribution in [0.15, 0.2) is 30.3 Å². The lowest BCUT2D eigenvalue weighted by atomic mass is 10.1. The van der Waals surface area contributed by atoms with E-state index in [9.17, 15) is 0 Å². The molecule has 90 valence electrons. The summed E-state index contributed by atoms with van der Waals surface area (Å²) in [6.45, 7) is 4.52. The number of rotatable bonds is 4. The number of aryl methyl sites for hydroxylation is 2. The van der Waals surface area contributed by atoms with Gasteiger partial charge in [0, 0.05) is 22.8 Å². The number of aliphatic hydroxyl groups is 1. The van der Waals surface area contributed by atoms with Crippen molar-refractivity contribution in [1.29, 1.82) is 0 Å². The number of thiophene rings is 1. The van der Waals surface area contributed by atoms with Gasteiger partial charge >= 0.3 is 0 Å². The summed E-state index contributed by atoms with van der Waals surface area (Å²) in [6.07, 6.45) is 1.85. The lowest BCUT2D eigenvalue weighted by molar-refractivity contribution is 0.300. The van der Waals surface area contributed by atoms with E-state index in [1.165, 1.54) is 26.4 Å². The van der Waals surface area contributed by atoms with Gasteiger partial charge in [-0.1, -0.05) is 31.2 Å². The van der Waals surface area contributed by atoms with Crippen LogP contribution < -0.4 is 0 Å². The fraction of sp³-hybridized carbons (Fsp3) is 0.333. The Morgan fingerprint density at radius 1 is 1.18 bits per heavy atom. The van der Waals surface area contributed by atoms with Crippen LogP contribution in [0.2, 0.25) is 0 Å². The average molecular weight is 246 g/mol. The molecule has 1 heterocycles. The minimum absolute atomic E-state index is 0.232. The molecule has 0 aliphatic rings. The van der Waals surface area contributed by atoms with E-state index in [1.807, 2.05) is 0 Å². The second-order valence-electron chi connectivity index (χ2n) is 4.24. The molecule has 2 aromatic rings. The predicted molar refractivity (Wildman–Crippen MR) is 74.7 cm³/mol. The molecular weight excluding hydrogens is 228 g/mol. The average Bonchev–Trinajstić information content (AvgIpc) is 2.72. The lowest BCUT2D eigenvalue weighted by Gasteiger charge is -1.99. The molecule has 0 saturated carbocycles. The van der Waals surface area contributed by atoms with Crippen LogP contribution in [0.4, 0.5) is 0 Å². The quantitative estimate of drug-likeness (QED) is 0.869. The normalized spacial score (nSPS) is 10.8. The first-order valence-corrected chi connectivity index (χ1v) is 6.85. The third-order valence-electron chi connectivity index (χ3n) is 3.01. The minimum Gasteiger partial charge on any atom is -0.396 e. The molecule has 1 N–H and O–H groups in total. The molecule has 0 aliphatic heterocycles. The second-order valence-corrected chi connectivity index (χ2v) is 5.38. The van der Waals surface area contributed by atoms with Gasteiger partial charge in [0.1, 0.15) is 0 Å². The van der Waals surface area contributed by atoms with Gasteiger partial charge in [-0.2, -0.15) is 0 Å². The van der Waals surface area contributed by atoms with Gasteiger partial charge in [0.2, 0.25) is 0 Å². The van der Waals surface area contributed by atoms with Gasteiger partial charge < -0.3 is 5.11 Å². The van der Waals surface area contributed by atoms with Crippen LogP contribution >= 0.6 is 11.3 Å². The van der Waals surface area contributed by atoms with Gasteiger partial charge in [0.05, 0.1) is 0 Å². The van der Waals surface area contributed by atoms with Crippen molar-refractivity contribution in [3.05, 3.63) is 46.3 Å². The van der Waals surface area contributed by atoms with E-state index >= 15 is 0 Å². The van der Waals surface area contributed by atoms with E-state index in [-0.39, 0.29) is 6.61 Å². The SMILES string of the molecule is CCc1ccc(-c2cc(C)c(CCO)s2)cc1. The van der Waals surface area contributed by atoms with E-state index in [0.29, 0.717) is 0 Å². The summed E-state index contributed by atoms with van der Waals surface area (Å²) in [6, 6.07) is 11.0. The third kappa shape index (κ3) is 2.76. The molecule has 0 atom stereocenters. The van der Waals surface area contributed by atoms with E-state index in [0.717, 1.165) is 12.8 Å². The Morgan fingerprint density at radius 2 is 1.88 bits per heavy atom. The summed E-state index contributed by atoms with van der Waals surface area (Å²) in [5, 5.41) is 9.00. The molecule has 2 rings (SSSR count). The Labute approximate surface area is 107 Å². The van der Waals surface area contributed by atoms with Crippen molar-refractivity contribution < 1.29 is 5.11 Å². The van der Waals surface area contributed by atoms with E-state index < -0.39 is 0 Å². The monoisotopic (exact) mass is 246 g/mol. The first kappa shape index (κ1) is 12.3. The van der Waals surface area contributed by atoms with Crippen molar-refractivity contribution in [2.24, 2.45) is 0 Å². The largest absolute Gasteiger partial charge is 0.396 e. The van der Waals surface area contributed by atoms with E-state index in [4.69, 9.17) is 5.11 Å². The zero-order chi connectivity index (χ0) is 12.3. The fourth-order valence-electron chi connectivity index (χ4n) is 1.92. The maximum absolute atomic E-state index is 9.00. The van der Waals surface area contributed by atoms with Crippen LogP contribution in [-0.4, -0.2) is 11.7 Å². The van der Waals surface area contributed by atoms with Gasteiger partial charge in [-0.05, 0) is 36.1 Å². The topological polar surface area (TPSA) is 20.2 Å². The standard InChI is InChI=1S/C15H18OS/c1-3-12-4-6-13(7-5-12)15-10-11(2)14(17-15)8-9-16/h4-7,10,16H,3,8-9H2,1-2H3. The predicted octanol–water partition coefficient (Wildman–Crippen LogP) is 3.82. The van der Waals surface area contributed by atoms with Crippen molar-refractivity contribution in [2.75, 3.05) is 6.61 Å². The van der Waals surface area contributed by atoms with Crippen LogP contribution in [0.25, 0.3) is 10.4 Å². The molecule has 0 bridgehead atoms. The van der Waals surface area contributed by atoms with E-state index in [2.05, 4.69) is 44.2 Å². The molecule has 0 fully saturated rings. The maximum atomic E-state index is 9.00. The van der Waals surface area contributed by atoms with Crippen LogP contribution in [-0.2, 0) is 12.8 Å². The minimum atomic E-state index is 0.232. The number of hydrogen-bond acceptors (Lipinski definition) is 2. The van der Waals surface area contributed by atoms with Gasteiger partial charge in [-0.15, -0.1) is 11.3 Å². The van der Waals surface area contributed by atoms with E-state index in [1.54, 1.807) is 11.3 Å². The highest BCUT2D eigenvalue weighted by Gasteiger charge is 2.06. The highest BCUT2D eigenvalue weighted by Crippen LogP contribution is 2.31. The van der Waals surface area contributed by atoms with Crippen LogP contribution in [0.3, 0.4) is 0 Å². The molecule has 1 nitrogen and oxygen atoms in total. The molecule has 2 heteroatoms. The Morgan fingerprint density at radius 3 is 2.47 bits per heavy atom. The highest BCUT2D eigenvalue weighted by molar-refractivity contribution is 7.15. The van der Waals surface area contributed by atoms with Crippen molar-refractivity contribution in [2.45, 2.75) is 26.7 Å². The van der Waals surface area contributed by atoms with Crippen LogP contribution in [0.1, 0.15) is 22.9 Å².